The molecule has 2 aromatic rings. The molecule has 184 valence electrons. The van der Waals surface area contributed by atoms with Gasteiger partial charge >= 0.3 is 5.97 Å². The maximum absolute atomic E-state index is 11.3. The monoisotopic (exact) mass is 464 g/mol. The molecule has 1 aromatic carbocycles. The van der Waals surface area contributed by atoms with Crippen molar-refractivity contribution in [2.45, 2.75) is 96.1 Å². The van der Waals surface area contributed by atoms with E-state index < -0.39 is 5.97 Å². The van der Waals surface area contributed by atoms with E-state index in [0.29, 0.717) is 11.5 Å². The Balaban J connectivity index is 1.22. The zero-order valence-corrected chi connectivity index (χ0v) is 20.7. The summed E-state index contributed by atoms with van der Waals surface area (Å²) < 4.78 is 6.44. The topological polar surface area (TPSA) is 62.7 Å². The second-order valence-electron chi connectivity index (χ2n) is 11.0. The molecule has 5 heteroatoms. The van der Waals surface area contributed by atoms with Crippen molar-refractivity contribution < 1.29 is 14.6 Å². The highest BCUT2D eigenvalue weighted by molar-refractivity contribution is 5.80. The maximum atomic E-state index is 11.3. The summed E-state index contributed by atoms with van der Waals surface area (Å²) in [4.78, 5) is 18.7. The number of carboxylic acids is 1. The number of benzene rings is 1. The minimum absolute atomic E-state index is 0.200. The Kier molecular flexibility index (Phi) is 7.10. The lowest BCUT2D eigenvalue weighted by Gasteiger charge is -2.42. The fourth-order valence-corrected chi connectivity index (χ4v) is 6.81. The van der Waals surface area contributed by atoms with Gasteiger partial charge in [0.15, 0.2) is 0 Å². The van der Waals surface area contributed by atoms with Gasteiger partial charge in [-0.05, 0) is 101 Å². The highest BCUT2D eigenvalue weighted by atomic mass is 16.5. The third kappa shape index (κ3) is 5.10. The molecule has 2 heterocycles. The summed E-state index contributed by atoms with van der Waals surface area (Å²) in [6.45, 7) is 3.84. The molecule has 5 rings (SSSR count). The Hall–Kier alpha value is -2.14. The van der Waals surface area contributed by atoms with Gasteiger partial charge < -0.3 is 9.84 Å². The molecule has 1 aliphatic heterocycles. The van der Waals surface area contributed by atoms with Crippen LogP contribution in [-0.4, -0.2) is 40.2 Å². The first-order valence-corrected chi connectivity index (χ1v) is 13.6. The Morgan fingerprint density at radius 1 is 1.06 bits per heavy atom. The van der Waals surface area contributed by atoms with E-state index in [-0.39, 0.29) is 12.0 Å². The van der Waals surface area contributed by atoms with Crippen molar-refractivity contribution in [1.82, 2.24) is 9.88 Å². The quantitative estimate of drug-likeness (QED) is 0.512. The molecule has 1 saturated heterocycles. The summed E-state index contributed by atoms with van der Waals surface area (Å²) in [5.41, 5.74) is 2.72. The summed E-state index contributed by atoms with van der Waals surface area (Å²) in [5, 5.41) is 10.4. The maximum Gasteiger partial charge on any atom is 0.306 e. The van der Waals surface area contributed by atoms with E-state index in [1.807, 2.05) is 0 Å². The molecule has 1 atom stereocenters. The Morgan fingerprint density at radius 3 is 2.47 bits per heavy atom. The van der Waals surface area contributed by atoms with Crippen LogP contribution in [0.25, 0.3) is 10.9 Å². The number of pyridine rings is 1. The number of carboxylic acid groups (broad SMARTS) is 1. The first kappa shape index (κ1) is 23.6. The molecule has 0 amide bonds. The largest absolute Gasteiger partial charge is 0.490 e. The molecule has 3 aliphatic rings. The number of nitrogens with zero attached hydrogens (tertiary/aromatic N) is 2. The van der Waals surface area contributed by atoms with Crippen LogP contribution in [0.15, 0.2) is 30.3 Å². The van der Waals surface area contributed by atoms with Crippen LogP contribution in [0.1, 0.15) is 95.7 Å². The smallest absolute Gasteiger partial charge is 0.306 e. The molecule has 2 saturated carbocycles. The number of rotatable bonds is 6. The first-order chi connectivity index (χ1) is 16.5. The summed E-state index contributed by atoms with van der Waals surface area (Å²) in [6.07, 6.45) is 14.9. The molecule has 0 bridgehead atoms. The van der Waals surface area contributed by atoms with Crippen molar-refractivity contribution in [2.75, 3.05) is 13.1 Å². The number of hydrogen-bond donors (Lipinski definition) is 1. The average molecular weight is 465 g/mol. The number of aliphatic carboxylic acids is 1. The van der Waals surface area contributed by atoms with Crippen molar-refractivity contribution in [3.05, 3.63) is 36.0 Å². The fourth-order valence-electron chi connectivity index (χ4n) is 6.81. The Bertz CT molecular complexity index is 982. The third-order valence-corrected chi connectivity index (χ3v) is 8.94. The van der Waals surface area contributed by atoms with Crippen LogP contribution in [0.2, 0.25) is 0 Å². The van der Waals surface area contributed by atoms with E-state index in [9.17, 15) is 9.90 Å². The van der Waals surface area contributed by atoms with Crippen molar-refractivity contribution >= 4 is 16.9 Å². The zero-order valence-electron chi connectivity index (χ0n) is 20.7. The summed E-state index contributed by atoms with van der Waals surface area (Å²) in [6, 6.07) is 10.9. The molecule has 0 radical (unpaired) electrons. The summed E-state index contributed by atoms with van der Waals surface area (Å²) in [5.74, 6) is 0.111. The van der Waals surface area contributed by atoms with Gasteiger partial charge in [0.05, 0.1) is 29.3 Å². The van der Waals surface area contributed by atoms with Crippen molar-refractivity contribution in [2.24, 2.45) is 11.3 Å². The minimum Gasteiger partial charge on any atom is -0.490 e. The summed E-state index contributed by atoms with van der Waals surface area (Å²) >= 11 is 0. The zero-order chi connectivity index (χ0) is 23.5. The van der Waals surface area contributed by atoms with Gasteiger partial charge in [-0.1, -0.05) is 32.3 Å². The molecule has 3 fully saturated rings. The van der Waals surface area contributed by atoms with Gasteiger partial charge in [0, 0.05) is 5.39 Å². The number of aromatic nitrogens is 1. The number of carbonyl (C=O) groups is 1. The lowest BCUT2D eigenvalue weighted by molar-refractivity contribution is -0.143. The van der Waals surface area contributed by atoms with Gasteiger partial charge in [0.1, 0.15) is 5.75 Å². The predicted molar refractivity (Wildman–Crippen MR) is 135 cm³/mol. The Morgan fingerprint density at radius 2 is 1.79 bits per heavy atom. The van der Waals surface area contributed by atoms with Gasteiger partial charge in [0.2, 0.25) is 0 Å². The van der Waals surface area contributed by atoms with Crippen LogP contribution in [-0.2, 0) is 4.79 Å². The van der Waals surface area contributed by atoms with E-state index in [2.05, 4.69) is 42.2 Å². The van der Waals surface area contributed by atoms with Gasteiger partial charge in [-0.2, -0.15) is 0 Å². The van der Waals surface area contributed by atoms with E-state index in [1.165, 1.54) is 57.8 Å². The van der Waals surface area contributed by atoms with Gasteiger partial charge in [0.25, 0.3) is 0 Å². The van der Waals surface area contributed by atoms with Gasteiger partial charge in [-0.25, -0.2) is 0 Å². The van der Waals surface area contributed by atoms with Crippen LogP contribution in [0, 0.1) is 11.3 Å². The van der Waals surface area contributed by atoms with Crippen molar-refractivity contribution in [3.8, 4) is 5.75 Å². The molecule has 1 N–H and O–H groups in total. The van der Waals surface area contributed by atoms with Crippen molar-refractivity contribution in [1.29, 1.82) is 0 Å². The number of piperidine rings is 1. The van der Waals surface area contributed by atoms with Crippen LogP contribution in [0.5, 0.6) is 5.75 Å². The number of fused-ring (bicyclic) bond motifs is 1. The number of ether oxygens (including phenoxy) is 1. The molecule has 1 unspecified atom stereocenters. The second kappa shape index (κ2) is 10.2. The predicted octanol–water partition coefficient (Wildman–Crippen LogP) is 6.75. The molecule has 1 spiro atoms. The molecule has 2 aliphatic carbocycles. The number of likely N-dealkylation sites (tertiary alicyclic amines) is 1. The van der Waals surface area contributed by atoms with Crippen LogP contribution in [0.3, 0.4) is 0 Å². The van der Waals surface area contributed by atoms with E-state index in [4.69, 9.17) is 9.72 Å². The normalized spacial score (nSPS) is 23.2. The lowest BCUT2D eigenvalue weighted by Crippen LogP contribution is -2.38. The summed E-state index contributed by atoms with van der Waals surface area (Å²) in [7, 11) is 0. The van der Waals surface area contributed by atoms with E-state index in [0.717, 1.165) is 54.7 Å². The Labute approximate surface area is 203 Å². The fraction of sp³-hybridized carbons (Fsp3) is 0.655. The van der Waals surface area contributed by atoms with Gasteiger partial charge in [-0.15, -0.1) is 0 Å². The molecular formula is C29H40N2O3. The van der Waals surface area contributed by atoms with E-state index in [1.54, 1.807) is 0 Å². The lowest BCUT2D eigenvalue weighted by atomic mass is 9.65. The second-order valence-corrected chi connectivity index (χ2v) is 11.0. The average Bonchev–Trinajstić information content (AvgIpc) is 2.87. The molecule has 5 nitrogen and oxygen atoms in total. The van der Waals surface area contributed by atoms with Crippen LogP contribution in [0.4, 0.5) is 0 Å². The third-order valence-electron chi connectivity index (χ3n) is 8.94. The molecular weight excluding hydrogens is 424 g/mol. The van der Waals surface area contributed by atoms with E-state index >= 15 is 0 Å². The van der Waals surface area contributed by atoms with Crippen LogP contribution >= 0.6 is 0 Å². The van der Waals surface area contributed by atoms with Crippen LogP contribution < -0.4 is 4.74 Å². The minimum atomic E-state index is -0.656. The highest BCUT2D eigenvalue weighted by Crippen LogP contribution is 2.48. The SMILES string of the molecule is CCC(c1ccc2cc(OC3CCC4(CCCCC4)CC3)ccc2n1)N1CCC(C(=O)O)CC1. The molecule has 34 heavy (non-hydrogen) atoms. The van der Waals surface area contributed by atoms with Gasteiger partial charge in [-0.3, -0.25) is 14.7 Å². The number of hydrogen-bond acceptors (Lipinski definition) is 4. The standard InChI is InChI=1S/C29H40N2O3/c1-2-27(31-18-12-21(13-19-31)28(32)33)26-8-6-22-20-24(7-9-25(22)30-26)34-23-10-16-29(17-11-23)14-4-3-5-15-29/h6-9,20-21,23,27H,2-5,10-19H2,1H3,(H,32,33). The van der Waals surface area contributed by atoms with Crippen molar-refractivity contribution in [3.63, 3.8) is 0 Å². The first-order valence-electron chi connectivity index (χ1n) is 13.6. The highest BCUT2D eigenvalue weighted by Gasteiger charge is 2.36. The molecule has 1 aromatic heterocycles.